The first-order valence-electron chi connectivity index (χ1n) is 10.3. The van der Waals surface area contributed by atoms with Crippen molar-refractivity contribution in [3.8, 4) is 0 Å². The zero-order valence-corrected chi connectivity index (χ0v) is 19.6. The Labute approximate surface area is 185 Å². The molecule has 0 aliphatic heterocycles. The number of ether oxygens (including phenoxy) is 1. The van der Waals surface area contributed by atoms with E-state index in [4.69, 9.17) is 10.5 Å². The Hall–Kier alpha value is -1.31. The lowest BCUT2D eigenvalue weighted by Gasteiger charge is -2.28. The first-order chi connectivity index (χ1) is 12.8. The minimum Gasteiger partial charge on any atom is -0.460 e. The number of hydrogen-bond acceptors (Lipinski definition) is 3. The molecule has 0 aromatic heterocycles. The smallest absolute Gasteiger partial charge is 0.309 e. The number of halogens is 1. The summed E-state index contributed by atoms with van der Waals surface area (Å²) in [5.41, 5.74) is 9.68. The number of hydrogen-bond donors (Lipinski definition) is 2. The van der Waals surface area contributed by atoms with E-state index in [9.17, 15) is 4.79 Å². The first kappa shape index (κ1) is 23.0. The number of rotatable bonds is 3. The summed E-state index contributed by atoms with van der Waals surface area (Å²) < 4.78 is 5.51. The predicted octanol–water partition coefficient (Wildman–Crippen LogP) is 4.81. The van der Waals surface area contributed by atoms with Gasteiger partial charge in [-0.05, 0) is 89.3 Å². The highest BCUT2D eigenvalue weighted by Gasteiger charge is 2.30. The summed E-state index contributed by atoms with van der Waals surface area (Å²) in [6.45, 7) is 5.74. The molecule has 28 heavy (non-hydrogen) atoms. The monoisotopic (exact) mass is 499 g/mol. The molecular weight excluding hydrogens is 465 g/mol. The minimum atomic E-state index is -0.421. The molecule has 0 heterocycles. The van der Waals surface area contributed by atoms with Gasteiger partial charge < -0.3 is 15.8 Å². The van der Waals surface area contributed by atoms with Crippen LogP contribution in [-0.4, -0.2) is 23.6 Å². The second-order valence-electron chi connectivity index (χ2n) is 8.83. The van der Waals surface area contributed by atoms with Crippen molar-refractivity contribution < 1.29 is 9.53 Å². The molecule has 2 aliphatic rings. The van der Waals surface area contributed by atoms with E-state index in [1.807, 2.05) is 20.8 Å². The van der Waals surface area contributed by atoms with Gasteiger partial charge in [-0.1, -0.05) is 12.1 Å². The highest BCUT2D eigenvalue weighted by atomic mass is 127. The second kappa shape index (κ2) is 9.94. The van der Waals surface area contributed by atoms with Crippen LogP contribution in [0.5, 0.6) is 0 Å². The van der Waals surface area contributed by atoms with Crippen molar-refractivity contribution in [3.63, 3.8) is 0 Å². The molecule has 0 bridgehead atoms. The van der Waals surface area contributed by atoms with Gasteiger partial charge in [-0.15, -0.1) is 24.0 Å². The maximum atomic E-state index is 12.2. The molecule has 0 radical (unpaired) electrons. The summed E-state index contributed by atoms with van der Waals surface area (Å²) in [6.07, 6.45) is 8.13. The molecule has 3 N–H and O–H groups in total. The standard InChI is InChI=1S/C22H33N3O2.HI/c1-22(2,3)27-20(26)16-11-13-17(14-12-16)24-21(23)25-19-10-6-8-15-7-4-5-9-18(15)19;/h6,8,10,16-17H,4-5,7,9,11-14H2,1-3H3,(H3,23,24,25);1H. The fraction of sp³-hybridized carbons (Fsp3) is 0.636. The molecule has 3 rings (SSSR count). The average Bonchev–Trinajstić information content (AvgIpc) is 2.61. The molecule has 0 unspecified atom stereocenters. The van der Waals surface area contributed by atoms with E-state index in [-0.39, 0.29) is 41.9 Å². The Kier molecular flexibility index (Phi) is 8.16. The molecule has 156 valence electrons. The molecule has 0 spiro atoms. The number of aliphatic imine (C=N–C) groups is 1. The molecular formula is C22H34IN3O2. The van der Waals surface area contributed by atoms with Crippen molar-refractivity contribution in [1.82, 2.24) is 0 Å². The molecule has 0 saturated heterocycles. The number of esters is 1. The van der Waals surface area contributed by atoms with Crippen molar-refractivity contribution in [2.45, 2.75) is 83.8 Å². The third kappa shape index (κ3) is 6.36. The summed E-state index contributed by atoms with van der Waals surface area (Å²) in [4.78, 5) is 16.9. The third-order valence-electron chi connectivity index (χ3n) is 5.42. The highest BCUT2D eigenvalue weighted by molar-refractivity contribution is 14.0. The maximum Gasteiger partial charge on any atom is 0.309 e. The van der Waals surface area contributed by atoms with E-state index in [0.29, 0.717) is 5.96 Å². The molecule has 5 nitrogen and oxygen atoms in total. The van der Waals surface area contributed by atoms with Gasteiger partial charge in [0.25, 0.3) is 0 Å². The van der Waals surface area contributed by atoms with Gasteiger partial charge in [0, 0.05) is 5.69 Å². The summed E-state index contributed by atoms with van der Waals surface area (Å²) in [6, 6.07) is 6.57. The lowest BCUT2D eigenvalue weighted by molar-refractivity contribution is -0.161. The number of carbonyl (C=O) groups is 1. The normalized spacial score (nSPS) is 22.6. The van der Waals surface area contributed by atoms with Gasteiger partial charge in [0.2, 0.25) is 0 Å². The molecule has 1 aromatic carbocycles. The Morgan fingerprint density at radius 2 is 1.82 bits per heavy atom. The quantitative estimate of drug-likeness (QED) is 0.271. The molecule has 0 amide bonds. The molecule has 6 heteroatoms. The Morgan fingerprint density at radius 1 is 1.14 bits per heavy atom. The number of aryl methyl sites for hydroxylation is 1. The van der Waals surface area contributed by atoms with E-state index in [1.165, 1.54) is 24.0 Å². The lowest BCUT2D eigenvalue weighted by Crippen LogP contribution is -2.32. The van der Waals surface area contributed by atoms with Gasteiger partial charge in [0.05, 0.1) is 12.0 Å². The van der Waals surface area contributed by atoms with E-state index >= 15 is 0 Å². The third-order valence-corrected chi connectivity index (χ3v) is 5.42. The van der Waals surface area contributed by atoms with Crippen LogP contribution < -0.4 is 11.1 Å². The Balaban J connectivity index is 0.00000280. The van der Waals surface area contributed by atoms with Crippen LogP contribution >= 0.6 is 24.0 Å². The lowest BCUT2D eigenvalue weighted by atomic mass is 9.86. The molecule has 0 atom stereocenters. The zero-order chi connectivity index (χ0) is 19.4. The number of carbonyl (C=O) groups excluding carboxylic acids is 1. The number of nitrogens with zero attached hydrogens (tertiary/aromatic N) is 1. The number of benzene rings is 1. The van der Waals surface area contributed by atoms with Crippen LogP contribution in [0.1, 0.15) is 70.4 Å². The van der Waals surface area contributed by atoms with Gasteiger partial charge in [0.15, 0.2) is 5.96 Å². The van der Waals surface area contributed by atoms with Crippen LogP contribution in [-0.2, 0) is 22.4 Å². The van der Waals surface area contributed by atoms with Crippen LogP contribution in [0.3, 0.4) is 0 Å². The fourth-order valence-corrected chi connectivity index (χ4v) is 4.09. The molecule has 1 fully saturated rings. The minimum absolute atomic E-state index is 0. The van der Waals surface area contributed by atoms with Crippen LogP contribution in [0.4, 0.5) is 5.69 Å². The fourth-order valence-electron chi connectivity index (χ4n) is 4.09. The first-order valence-corrected chi connectivity index (χ1v) is 10.3. The Morgan fingerprint density at radius 3 is 2.50 bits per heavy atom. The summed E-state index contributed by atoms with van der Waals surface area (Å²) in [5, 5.41) is 3.32. The highest BCUT2D eigenvalue weighted by Crippen LogP contribution is 2.30. The zero-order valence-electron chi connectivity index (χ0n) is 17.3. The van der Waals surface area contributed by atoms with E-state index in [1.54, 1.807) is 0 Å². The summed E-state index contributed by atoms with van der Waals surface area (Å²) >= 11 is 0. The summed E-state index contributed by atoms with van der Waals surface area (Å²) in [5.74, 6) is 0.396. The second-order valence-corrected chi connectivity index (χ2v) is 8.83. The van der Waals surface area contributed by atoms with Crippen LogP contribution in [0, 0.1) is 5.92 Å². The van der Waals surface area contributed by atoms with Gasteiger partial charge in [-0.3, -0.25) is 4.79 Å². The average molecular weight is 499 g/mol. The van der Waals surface area contributed by atoms with Gasteiger partial charge in [0.1, 0.15) is 5.60 Å². The van der Waals surface area contributed by atoms with Crippen molar-refractivity contribution in [2.24, 2.45) is 16.6 Å². The van der Waals surface area contributed by atoms with Crippen LogP contribution in [0.15, 0.2) is 23.2 Å². The van der Waals surface area contributed by atoms with Crippen LogP contribution in [0.25, 0.3) is 0 Å². The predicted molar refractivity (Wildman–Crippen MR) is 125 cm³/mol. The number of guanidine groups is 1. The SMILES string of the molecule is CC(C)(C)OC(=O)C1CCC(N=C(N)Nc2cccc3c2CCCC3)CC1.I. The number of fused-ring (bicyclic) bond motifs is 1. The van der Waals surface area contributed by atoms with Gasteiger partial charge in [-0.25, -0.2) is 4.99 Å². The molecule has 2 aliphatic carbocycles. The van der Waals surface area contributed by atoms with Gasteiger partial charge >= 0.3 is 5.97 Å². The molecule has 1 saturated carbocycles. The maximum absolute atomic E-state index is 12.2. The van der Waals surface area contributed by atoms with Crippen molar-refractivity contribution in [2.75, 3.05) is 5.32 Å². The van der Waals surface area contributed by atoms with E-state index < -0.39 is 5.60 Å². The largest absolute Gasteiger partial charge is 0.460 e. The van der Waals surface area contributed by atoms with Crippen molar-refractivity contribution in [1.29, 1.82) is 0 Å². The number of nitrogens with one attached hydrogen (secondary N) is 1. The number of anilines is 1. The van der Waals surface area contributed by atoms with Crippen LogP contribution in [0.2, 0.25) is 0 Å². The summed E-state index contributed by atoms with van der Waals surface area (Å²) in [7, 11) is 0. The van der Waals surface area contributed by atoms with Gasteiger partial charge in [-0.2, -0.15) is 0 Å². The Bertz CT molecular complexity index is 704. The topological polar surface area (TPSA) is 76.7 Å². The number of nitrogens with two attached hydrogens (primary N) is 1. The molecule has 1 aromatic rings. The van der Waals surface area contributed by atoms with E-state index in [0.717, 1.165) is 44.2 Å². The van der Waals surface area contributed by atoms with E-state index in [2.05, 4.69) is 28.5 Å². The van der Waals surface area contributed by atoms with Crippen molar-refractivity contribution in [3.05, 3.63) is 29.3 Å². The van der Waals surface area contributed by atoms with Crippen molar-refractivity contribution >= 4 is 41.6 Å².